The van der Waals surface area contributed by atoms with Crippen LogP contribution < -0.4 is 4.90 Å². The van der Waals surface area contributed by atoms with Gasteiger partial charge in [0, 0.05) is 49.6 Å². The van der Waals surface area contributed by atoms with Crippen LogP contribution >= 0.6 is 22.9 Å². The number of fused-ring (bicyclic) bond motifs is 1. The van der Waals surface area contributed by atoms with Gasteiger partial charge in [0.1, 0.15) is 11.6 Å². The summed E-state index contributed by atoms with van der Waals surface area (Å²) in [4.78, 5) is 15.8. The Balaban J connectivity index is 1.59. The van der Waals surface area contributed by atoms with E-state index >= 15 is 0 Å². The highest BCUT2D eigenvalue weighted by Gasteiger charge is 2.26. The molecule has 0 bridgehead atoms. The summed E-state index contributed by atoms with van der Waals surface area (Å²) in [5.74, 6) is 2.09. The largest absolute Gasteiger partial charge is 0.356 e. The van der Waals surface area contributed by atoms with E-state index in [0.717, 1.165) is 49.3 Å². The van der Waals surface area contributed by atoms with E-state index in [1.807, 2.05) is 13.0 Å². The standard InChI is InChI=1S/C17H21ClN4S/c1-12-19-15-6-9-21(10-13-4-5-16(18)23-13)11-14(15)17(20-12)22-7-2-3-8-22/h4-5H,2-3,6-11H2,1H3. The van der Waals surface area contributed by atoms with Crippen LogP contribution in [-0.4, -0.2) is 34.5 Å². The van der Waals surface area contributed by atoms with E-state index < -0.39 is 0 Å². The van der Waals surface area contributed by atoms with Crippen molar-refractivity contribution < 1.29 is 0 Å². The number of halogens is 1. The summed E-state index contributed by atoms with van der Waals surface area (Å²) in [7, 11) is 0. The van der Waals surface area contributed by atoms with Gasteiger partial charge in [-0.25, -0.2) is 9.97 Å². The van der Waals surface area contributed by atoms with Crippen molar-refractivity contribution >= 4 is 28.8 Å². The Bertz CT molecular complexity index is 709. The van der Waals surface area contributed by atoms with Gasteiger partial charge in [0.15, 0.2) is 0 Å². The number of aryl methyl sites for hydroxylation is 1. The number of hydrogen-bond acceptors (Lipinski definition) is 5. The predicted molar refractivity (Wildman–Crippen MR) is 95.4 cm³/mol. The topological polar surface area (TPSA) is 32.3 Å². The smallest absolute Gasteiger partial charge is 0.137 e. The molecule has 0 aromatic carbocycles. The van der Waals surface area contributed by atoms with E-state index in [1.165, 1.54) is 34.8 Å². The highest BCUT2D eigenvalue weighted by atomic mass is 35.5. The molecule has 0 atom stereocenters. The maximum atomic E-state index is 6.06. The third kappa shape index (κ3) is 3.23. The van der Waals surface area contributed by atoms with E-state index in [9.17, 15) is 0 Å². The van der Waals surface area contributed by atoms with Crippen LogP contribution in [0.5, 0.6) is 0 Å². The summed E-state index contributed by atoms with van der Waals surface area (Å²) in [6.07, 6.45) is 3.56. The second-order valence-electron chi connectivity index (χ2n) is 6.38. The molecule has 2 aliphatic rings. The second-order valence-corrected chi connectivity index (χ2v) is 8.18. The average molecular weight is 349 g/mol. The molecule has 0 radical (unpaired) electrons. The molecule has 0 saturated carbocycles. The van der Waals surface area contributed by atoms with Crippen LogP contribution in [0.2, 0.25) is 4.34 Å². The Kier molecular flexibility index (Phi) is 4.26. The first-order valence-corrected chi connectivity index (χ1v) is 9.46. The van der Waals surface area contributed by atoms with Crippen molar-refractivity contribution in [1.82, 2.24) is 14.9 Å². The first kappa shape index (κ1) is 15.4. The van der Waals surface area contributed by atoms with Gasteiger partial charge in [-0.1, -0.05) is 11.6 Å². The lowest BCUT2D eigenvalue weighted by Crippen LogP contribution is -2.33. The Morgan fingerprint density at radius 1 is 1.17 bits per heavy atom. The van der Waals surface area contributed by atoms with Crippen LogP contribution in [0, 0.1) is 6.92 Å². The average Bonchev–Trinajstić information content (AvgIpc) is 3.19. The maximum Gasteiger partial charge on any atom is 0.137 e. The predicted octanol–water partition coefficient (Wildman–Crippen LogP) is 3.66. The highest BCUT2D eigenvalue weighted by Crippen LogP contribution is 2.30. The molecule has 2 aromatic heterocycles. The van der Waals surface area contributed by atoms with Crippen molar-refractivity contribution in [3.05, 3.63) is 38.4 Å². The van der Waals surface area contributed by atoms with Crippen molar-refractivity contribution in [3.8, 4) is 0 Å². The minimum atomic E-state index is 0.870. The summed E-state index contributed by atoms with van der Waals surface area (Å²) in [5.41, 5.74) is 2.59. The van der Waals surface area contributed by atoms with Crippen LogP contribution in [0.1, 0.15) is 34.8 Å². The molecule has 6 heteroatoms. The molecule has 2 aliphatic heterocycles. The fraction of sp³-hybridized carbons (Fsp3) is 0.529. The molecule has 23 heavy (non-hydrogen) atoms. The summed E-state index contributed by atoms with van der Waals surface area (Å²) >= 11 is 7.74. The van der Waals surface area contributed by atoms with Crippen molar-refractivity contribution in [2.45, 2.75) is 39.3 Å². The Morgan fingerprint density at radius 2 is 2.00 bits per heavy atom. The number of nitrogens with zero attached hydrogens (tertiary/aromatic N) is 4. The first-order chi connectivity index (χ1) is 11.2. The maximum absolute atomic E-state index is 6.06. The van der Waals surface area contributed by atoms with Crippen molar-refractivity contribution in [3.63, 3.8) is 0 Å². The molecule has 4 nitrogen and oxygen atoms in total. The third-order valence-corrected chi connectivity index (χ3v) is 5.86. The van der Waals surface area contributed by atoms with E-state index in [-0.39, 0.29) is 0 Å². The zero-order valence-electron chi connectivity index (χ0n) is 13.4. The van der Waals surface area contributed by atoms with Crippen molar-refractivity contribution in [2.75, 3.05) is 24.5 Å². The lowest BCUT2D eigenvalue weighted by Gasteiger charge is -2.31. The zero-order chi connectivity index (χ0) is 15.8. The summed E-state index contributed by atoms with van der Waals surface area (Å²) in [5, 5.41) is 0. The molecule has 0 N–H and O–H groups in total. The van der Waals surface area contributed by atoms with Crippen LogP contribution in [0.4, 0.5) is 5.82 Å². The molecule has 122 valence electrons. The minimum absolute atomic E-state index is 0.870. The molecule has 0 aliphatic carbocycles. The molecular weight excluding hydrogens is 328 g/mol. The number of hydrogen-bond donors (Lipinski definition) is 0. The summed E-state index contributed by atoms with van der Waals surface area (Å²) < 4.78 is 0.870. The fourth-order valence-electron chi connectivity index (χ4n) is 3.56. The van der Waals surface area contributed by atoms with Gasteiger partial charge in [-0.2, -0.15) is 0 Å². The van der Waals surface area contributed by atoms with Crippen LogP contribution in [0.25, 0.3) is 0 Å². The van der Waals surface area contributed by atoms with Gasteiger partial charge in [-0.15, -0.1) is 11.3 Å². The zero-order valence-corrected chi connectivity index (χ0v) is 15.0. The molecule has 0 spiro atoms. The van der Waals surface area contributed by atoms with E-state index in [2.05, 4.69) is 15.9 Å². The van der Waals surface area contributed by atoms with E-state index in [4.69, 9.17) is 21.6 Å². The van der Waals surface area contributed by atoms with Gasteiger partial charge in [0.2, 0.25) is 0 Å². The molecule has 0 unspecified atom stereocenters. The molecular formula is C17H21ClN4S. The van der Waals surface area contributed by atoms with E-state index in [1.54, 1.807) is 11.3 Å². The monoisotopic (exact) mass is 348 g/mol. The van der Waals surface area contributed by atoms with Gasteiger partial charge in [-0.05, 0) is 31.9 Å². The second kappa shape index (κ2) is 6.38. The van der Waals surface area contributed by atoms with Gasteiger partial charge in [-0.3, -0.25) is 4.90 Å². The van der Waals surface area contributed by atoms with Crippen LogP contribution in [0.3, 0.4) is 0 Å². The molecule has 1 saturated heterocycles. The number of aromatic nitrogens is 2. The number of rotatable bonds is 3. The fourth-order valence-corrected chi connectivity index (χ4v) is 4.69. The molecule has 1 fully saturated rings. The van der Waals surface area contributed by atoms with E-state index in [0.29, 0.717) is 0 Å². The molecule has 2 aromatic rings. The van der Waals surface area contributed by atoms with Crippen molar-refractivity contribution in [2.24, 2.45) is 0 Å². The Morgan fingerprint density at radius 3 is 2.74 bits per heavy atom. The normalized spacial score (nSPS) is 18.4. The summed E-state index contributed by atoms with van der Waals surface area (Å²) in [6.45, 7) is 7.23. The lowest BCUT2D eigenvalue weighted by atomic mass is 10.1. The lowest BCUT2D eigenvalue weighted by molar-refractivity contribution is 0.245. The van der Waals surface area contributed by atoms with Crippen molar-refractivity contribution in [1.29, 1.82) is 0 Å². The number of anilines is 1. The first-order valence-electron chi connectivity index (χ1n) is 8.27. The highest BCUT2D eigenvalue weighted by molar-refractivity contribution is 7.16. The van der Waals surface area contributed by atoms with Crippen LogP contribution in [0.15, 0.2) is 12.1 Å². The number of thiophene rings is 1. The van der Waals surface area contributed by atoms with Gasteiger partial charge < -0.3 is 4.90 Å². The minimum Gasteiger partial charge on any atom is -0.356 e. The molecule has 4 rings (SSSR count). The summed E-state index contributed by atoms with van der Waals surface area (Å²) in [6, 6.07) is 4.12. The molecule has 0 amide bonds. The van der Waals surface area contributed by atoms with Crippen LogP contribution in [-0.2, 0) is 19.5 Å². The quantitative estimate of drug-likeness (QED) is 0.847. The SMILES string of the molecule is Cc1nc2c(c(N3CCCC3)n1)CN(Cc1ccc(Cl)s1)CC2. The van der Waals surface area contributed by atoms with Gasteiger partial charge >= 0.3 is 0 Å². The van der Waals surface area contributed by atoms with Gasteiger partial charge in [0.05, 0.1) is 10.0 Å². The molecule has 4 heterocycles. The third-order valence-electron chi connectivity index (χ3n) is 4.64. The Hall–Kier alpha value is -1.17. The Labute approximate surface area is 146 Å². The van der Waals surface area contributed by atoms with Gasteiger partial charge in [0.25, 0.3) is 0 Å².